The minimum absolute atomic E-state index is 0.0683. The molecule has 1 amide bonds. The fourth-order valence-electron chi connectivity index (χ4n) is 4.77. The SMILES string of the molecule is CC(=O)N1CCC2(CC1)Oc1ccccc1C1CC(c3cc(C)ccc3O)=NN12. The number of phenols is 1. The minimum Gasteiger partial charge on any atom is -0.507 e. The van der Waals surface area contributed by atoms with Crippen molar-refractivity contribution in [3.63, 3.8) is 0 Å². The number of carbonyl (C=O) groups excluding carboxylic acids is 1. The number of hydrazone groups is 1. The molecule has 150 valence electrons. The third-order valence-corrected chi connectivity index (χ3v) is 6.36. The van der Waals surface area contributed by atoms with Gasteiger partial charge in [0.2, 0.25) is 11.6 Å². The average molecular weight is 391 g/mol. The van der Waals surface area contributed by atoms with Gasteiger partial charge in [-0.1, -0.05) is 29.8 Å². The third kappa shape index (κ3) is 2.85. The Morgan fingerprint density at radius 3 is 2.72 bits per heavy atom. The van der Waals surface area contributed by atoms with Gasteiger partial charge in [0, 0.05) is 50.4 Å². The van der Waals surface area contributed by atoms with E-state index in [0.29, 0.717) is 25.9 Å². The summed E-state index contributed by atoms with van der Waals surface area (Å²) in [4.78, 5) is 13.7. The standard InChI is InChI=1S/C23H25N3O3/c1-15-7-8-21(28)18(13-15)19-14-20-17-5-3-4-6-22(17)29-23(26(20)24-19)9-11-25(12-10-23)16(2)27/h3-8,13,20,28H,9-12,14H2,1-2H3. The van der Waals surface area contributed by atoms with Crippen LogP contribution in [0.5, 0.6) is 11.5 Å². The summed E-state index contributed by atoms with van der Waals surface area (Å²) in [7, 11) is 0. The molecule has 3 aliphatic rings. The number of fused-ring (bicyclic) bond motifs is 4. The van der Waals surface area contributed by atoms with Crippen molar-refractivity contribution in [2.24, 2.45) is 5.10 Å². The molecule has 2 aromatic carbocycles. The van der Waals surface area contributed by atoms with Crippen LogP contribution in [0.4, 0.5) is 0 Å². The third-order valence-electron chi connectivity index (χ3n) is 6.36. The van der Waals surface area contributed by atoms with Gasteiger partial charge in [0.15, 0.2) is 0 Å². The molecular weight excluding hydrogens is 366 g/mol. The van der Waals surface area contributed by atoms with Gasteiger partial charge in [0.25, 0.3) is 0 Å². The molecule has 29 heavy (non-hydrogen) atoms. The van der Waals surface area contributed by atoms with Gasteiger partial charge in [-0.2, -0.15) is 5.10 Å². The zero-order valence-corrected chi connectivity index (χ0v) is 16.8. The molecule has 1 N–H and O–H groups in total. The number of para-hydroxylation sites is 1. The molecule has 0 aliphatic carbocycles. The first-order valence-corrected chi connectivity index (χ1v) is 10.2. The lowest BCUT2D eigenvalue weighted by atomic mass is 9.90. The maximum atomic E-state index is 11.8. The molecule has 0 bridgehead atoms. The summed E-state index contributed by atoms with van der Waals surface area (Å²) in [6.07, 6.45) is 2.12. The molecule has 3 heterocycles. The number of hydrogen-bond donors (Lipinski definition) is 1. The van der Waals surface area contributed by atoms with E-state index in [1.54, 1.807) is 13.0 Å². The van der Waals surface area contributed by atoms with E-state index < -0.39 is 5.72 Å². The molecule has 1 saturated heterocycles. The van der Waals surface area contributed by atoms with Crippen molar-refractivity contribution in [3.8, 4) is 11.5 Å². The number of likely N-dealkylation sites (tertiary alicyclic amines) is 1. The van der Waals surface area contributed by atoms with Gasteiger partial charge >= 0.3 is 0 Å². The predicted octanol–water partition coefficient (Wildman–Crippen LogP) is 3.58. The van der Waals surface area contributed by atoms with Gasteiger partial charge in [-0.25, -0.2) is 5.01 Å². The Labute approximate surface area is 170 Å². The van der Waals surface area contributed by atoms with Crippen LogP contribution in [0.3, 0.4) is 0 Å². The summed E-state index contributed by atoms with van der Waals surface area (Å²) < 4.78 is 6.56. The second-order valence-electron chi connectivity index (χ2n) is 8.22. The molecule has 3 aliphatic heterocycles. The zero-order chi connectivity index (χ0) is 20.2. The molecule has 1 atom stereocenters. The van der Waals surface area contributed by atoms with E-state index in [1.807, 2.05) is 42.2 Å². The van der Waals surface area contributed by atoms with Gasteiger partial charge < -0.3 is 14.7 Å². The van der Waals surface area contributed by atoms with E-state index in [2.05, 4.69) is 11.1 Å². The molecule has 0 saturated carbocycles. The number of piperidine rings is 1. The first-order valence-electron chi connectivity index (χ1n) is 10.2. The van der Waals surface area contributed by atoms with Crippen molar-refractivity contribution in [1.82, 2.24) is 9.91 Å². The largest absolute Gasteiger partial charge is 0.507 e. The number of carbonyl (C=O) groups is 1. The highest BCUT2D eigenvalue weighted by molar-refractivity contribution is 6.04. The van der Waals surface area contributed by atoms with Gasteiger partial charge in [-0.05, 0) is 25.1 Å². The van der Waals surface area contributed by atoms with E-state index in [4.69, 9.17) is 9.84 Å². The fraction of sp³-hybridized carbons (Fsp3) is 0.391. The molecule has 6 nitrogen and oxygen atoms in total. The summed E-state index contributed by atoms with van der Waals surface area (Å²) in [5.41, 5.74) is 3.31. The number of nitrogens with zero attached hydrogens (tertiary/aromatic N) is 3. The Morgan fingerprint density at radius 1 is 1.21 bits per heavy atom. The summed E-state index contributed by atoms with van der Waals surface area (Å²) in [5, 5.41) is 17.5. The summed E-state index contributed by atoms with van der Waals surface area (Å²) in [6, 6.07) is 13.8. The second kappa shape index (κ2) is 6.51. The molecular formula is C23H25N3O3. The second-order valence-corrected chi connectivity index (χ2v) is 8.22. The van der Waals surface area contributed by atoms with Gasteiger partial charge in [0.05, 0.1) is 11.8 Å². The normalized spacial score (nSPS) is 22.0. The molecule has 1 spiro atoms. The summed E-state index contributed by atoms with van der Waals surface area (Å²) in [5.74, 6) is 1.25. The highest BCUT2D eigenvalue weighted by Crippen LogP contribution is 2.50. The Hall–Kier alpha value is -3.02. The number of aryl methyl sites for hydroxylation is 1. The Morgan fingerprint density at radius 2 is 1.97 bits per heavy atom. The van der Waals surface area contributed by atoms with Crippen molar-refractivity contribution in [3.05, 3.63) is 59.2 Å². The van der Waals surface area contributed by atoms with Crippen molar-refractivity contribution in [2.75, 3.05) is 13.1 Å². The molecule has 1 fully saturated rings. The highest BCUT2D eigenvalue weighted by atomic mass is 16.5. The molecule has 2 aromatic rings. The van der Waals surface area contributed by atoms with E-state index in [0.717, 1.165) is 34.6 Å². The van der Waals surface area contributed by atoms with Crippen LogP contribution in [0.25, 0.3) is 0 Å². The molecule has 0 aromatic heterocycles. The summed E-state index contributed by atoms with van der Waals surface area (Å²) in [6.45, 7) is 4.94. The van der Waals surface area contributed by atoms with Crippen LogP contribution < -0.4 is 4.74 Å². The maximum Gasteiger partial charge on any atom is 0.219 e. The quantitative estimate of drug-likeness (QED) is 0.807. The van der Waals surface area contributed by atoms with E-state index in [1.165, 1.54) is 0 Å². The average Bonchev–Trinajstić information content (AvgIpc) is 3.17. The van der Waals surface area contributed by atoms with Crippen LogP contribution in [0.1, 0.15) is 48.9 Å². The Bertz CT molecular complexity index is 1010. The predicted molar refractivity (Wildman–Crippen MR) is 110 cm³/mol. The smallest absolute Gasteiger partial charge is 0.219 e. The molecule has 1 unspecified atom stereocenters. The van der Waals surface area contributed by atoms with Crippen LogP contribution >= 0.6 is 0 Å². The number of phenolic OH excluding ortho intramolecular Hbond substituents is 1. The van der Waals surface area contributed by atoms with Crippen molar-refractivity contribution in [1.29, 1.82) is 0 Å². The fourth-order valence-corrected chi connectivity index (χ4v) is 4.77. The zero-order valence-electron chi connectivity index (χ0n) is 16.8. The van der Waals surface area contributed by atoms with Crippen LogP contribution in [0.2, 0.25) is 0 Å². The Kier molecular flexibility index (Phi) is 4.05. The van der Waals surface area contributed by atoms with Gasteiger partial charge in [0.1, 0.15) is 11.5 Å². The first kappa shape index (κ1) is 18.0. The van der Waals surface area contributed by atoms with E-state index >= 15 is 0 Å². The number of benzene rings is 2. The first-order chi connectivity index (χ1) is 14.0. The molecule has 0 radical (unpaired) electrons. The summed E-state index contributed by atoms with van der Waals surface area (Å²) >= 11 is 0. The van der Waals surface area contributed by atoms with E-state index in [-0.39, 0.29) is 17.7 Å². The van der Waals surface area contributed by atoms with Crippen molar-refractivity contribution >= 4 is 11.6 Å². The molecule has 6 heteroatoms. The maximum absolute atomic E-state index is 11.8. The number of aromatic hydroxyl groups is 1. The van der Waals surface area contributed by atoms with Crippen molar-refractivity contribution < 1.29 is 14.6 Å². The lowest BCUT2D eigenvalue weighted by molar-refractivity contribution is -0.158. The number of hydrogen-bond acceptors (Lipinski definition) is 5. The van der Waals surface area contributed by atoms with Crippen LogP contribution in [-0.4, -0.2) is 45.4 Å². The van der Waals surface area contributed by atoms with Crippen molar-refractivity contribution in [2.45, 2.75) is 44.9 Å². The number of amides is 1. The minimum atomic E-state index is -0.563. The van der Waals surface area contributed by atoms with Crippen LogP contribution in [-0.2, 0) is 4.79 Å². The van der Waals surface area contributed by atoms with Gasteiger partial charge in [-0.3, -0.25) is 4.79 Å². The topological polar surface area (TPSA) is 65.4 Å². The van der Waals surface area contributed by atoms with Crippen LogP contribution in [0, 0.1) is 6.92 Å². The molecule has 5 rings (SSSR count). The lowest BCUT2D eigenvalue weighted by Crippen LogP contribution is -2.59. The highest BCUT2D eigenvalue weighted by Gasteiger charge is 2.52. The monoisotopic (exact) mass is 391 g/mol. The van der Waals surface area contributed by atoms with Crippen LogP contribution in [0.15, 0.2) is 47.6 Å². The lowest BCUT2D eigenvalue weighted by Gasteiger charge is -2.51. The Balaban J connectivity index is 1.56. The number of rotatable bonds is 1. The van der Waals surface area contributed by atoms with Gasteiger partial charge in [-0.15, -0.1) is 0 Å². The number of ether oxygens (including phenoxy) is 1. The van der Waals surface area contributed by atoms with E-state index in [9.17, 15) is 9.90 Å².